The Hall–Kier alpha value is -3.13. The van der Waals surface area contributed by atoms with Gasteiger partial charge in [-0.25, -0.2) is 0 Å². The third-order valence-corrected chi connectivity index (χ3v) is 3.71. The van der Waals surface area contributed by atoms with E-state index in [-0.39, 0.29) is 12.6 Å². The summed E-state index contributed by atoms with van der Waals surface area (Å²) in [7, 11) is 1.57. The van der Waals surface area contributed by atoms with E-state index in [1.807, 2.05) is 36.4 Å². The topological polar surface area (TPSA) is 100 Å². The zero-order valence-electron chi connectivity index (χ0n) is 13.3. The van der Waals surface area contributed by atoms with Crippen molar-refractivity contribution in [2.24, 2.45) is 5.10 Å². The first-order valence-electron chi connectivity index (χ1n) is 7.30. The number of para-hydroxylation sites is 1. The number of nitrogens with two attached hydrogens (primary N) is 1. The molecule has 0 atom stereocenters. The molecule has 0 saturated heterocycles. The summed E-state index contributed by atoms with van der Waals surface area (Å²) in [4.78, 5) is 1.11. The van der Waals surface area contributed by atoms with Crippen molar-refractivity contribution in [3.8, 4) is 11.5 Å². The summed E-state index contributed by atoms with van der Waals surface area (Å²) in [5.74, 6) is 1.18. The number of nitrogen functional groups attached to an aromatic ring is 1. The van der Waals surface area contributed by atoms with Gasteiger partial charge in [-0.2, -0.15) is 5.10 Å². The SMILES string of the molecule is COc1cccc(/C=N/n2nnnc2N)c1OCc1ccccc1Cl. The van der Waals surface area contributed by atoms with Crippen molar-refractivity contribution in [1.82, 2.24) is 20.3 Å². The standard InChI is InChI=1S/C16H15ClN6O2/c1-24-14-8-4-6-11(9-19-23-16(18)20-21-22-23)15(14)25-10-12-5-2-3-7-13(12)17/h2-9H,10H2,1H3,(H2,18,20,22)/b19-9+. The first-order valence-corrected chi connectivity index (χ1v) is 7.68. The lowest BCUT2D eigenvalue weighted by molar-refractivity contribution is 0.284. The lowest BCUT2D eigenvalue weighted by Crippen LogP contribution is -2.03. The van der Waals surface area contributed by atoms with Gasteiger partial charge in [0, 0.05) is 16.1 Å². The van der Waals surface area contributed by atoms with E-state index in [0.717, 1.165) is 10.4 Å². The average molecular weight is 359 g/mol. The van der Waals surface area contributed by atoms with E-state index in [4.69, 9.17) is 26.8 Å². The van der Waals surface area contributed by atoms with Crippen LogP contribution in [0.25, 0.3) is 0 Å². The number of methoxy groups -OCH3 is 1. The minimum Gasteiger partial charge on any atom is -0.493 e. The van der Waals surface area contributed by atoms with Crippen LogP contribution >= 0.6 is 11.6 Å². The molecule has 2 N–H and O–H groups in total. The van der Waals surface area contributed by atoms with Gasteiger partial charge in [-0.15, -0.1) is 0 Å². The summed E-state index contributed by atoms with van der Waals surface area (Å²) in [6.07, 6.45) is 1.54. The van der Waals surface area contributed by atoms with Crippen LogP contribution in [0.4, 0.5) is 5.95 Å². The Balaban J connectivity index is 1.88. The minimum atomic E-state index is 0.0812. The molecule has 0 aliphatic heterocycles. The number of benzene rings is 2. The average Bonchev–Trinajstić information content (AvgIpc) is 3.04. The van der Waals surface area contributed by atoms with Crippen molar-refractivity contribution in [1.29, 1.82) is 0 Å². The summed E-state index contributed by atoms with van der Waals surface area (Å²) in [5.41, 5.74) is 7.14. The summed E-state index contributed by atoms with van der Waals surface area (Å²) < 4.78 is 11.3. The molecule has 9 heteroatoms. The maximum Gasteiger partial charge on any atom is 0.263 e. The molecular formula is C16H15ClN6O2. The summed E-state index contributed by atoms with van der Waals surface area (Å²) in [5, 5.41) is 15.4. The van der Waals surface area contributed by atoms with Crippen LogP contribution in [0.15, 0.2) is 47.6 Å². The van der Waals surface area contributed by atoms with Crippen molar-refractivity contribution in [2.75, 3.05) is 12.8 Å². The van der Waals surface area contributed by atoms with E-state index in [9.17, 15) is 0 Å². The predicted octanol–water partition coefficient (Wildman–Crippen LogP) is 2.38. The van der Waals surface area contributed by atoms with E-state index in [0.29, 0.717) is 22.1 Å². The fraction of sp³-hybridized carbons (Fsp3) is 0.125. The number of anilines is 1. The van der Waals surface area contributed by atoms with Crippen LogP contribution in [0.3, 0.4) is 0 Å². The highest BCUT2D eigenvalue weighted by Gasteiger charge is 2.11. The van der Waals surface area contributed by atoms with Crippen LogP contribution in [-0.2, 0) is 6.61 Å². The van der Waals surface area contributed by atoms with E-state index in [2.05, 4.69) is 20.6 Å². The molecule has 1 aromatic heterocycles. The molecule has 25 heavy (non-hydrogen) atoms. The van der Waals surface area contributed by atoms with Gasteiger partial charge in [0.05, 0.1) is 13.3 Å². The molecule has 0 bridgehead atoms. The van der Waals surface area contributed by atoms with Crippen molar-refractivity contribution < 1.29 is 9.47 Å². The third kappa shape index (κ3) is 3.86. The second-order valence-corrected chi connectivity index (χ2v) is 5.34. The zero-order valence-corrected chi connectivity index (χ0v) is 14.1. The Bertz CT molecular complexity index is 896. The maximum atomic E-state index is 6.17. The smallest absolute Gasteiger partial charge is 0.263 e. The van der Waals surface area contributed by atoms with E-state index in [1.54, 1.807) is 13.2 Å². The second-order valence-electron chi connectivity index (χ2n) is 4.93. The van der Waals surface area contributed by atoms with Crippen molar-refractivity contribution >= 4 is 23.8 Å². The largest absolute Gasteiger partial charge is 0.493 e. The molecule has 2 aromatic carbocycles. The molecule has 0 fully saturated rings. The van der Waals surface area contributed by atoms with Gasteiger partial charge in [0.25, 0.3) is 5.95 Å². The minimum absolute atomic E-state index is 0.0812. The number of aromatic nitrogens is 4. The number of halogens is 1. The van der Waals surface area contributed by atoms with Gasteiger partial charge in [-0.3, -0.25) is 0 Å². The summed E-state index contributed by atoms with van der Waals surface area (Å²) >= 11 is 6.17. The first-order chi connectivity index (χ1) is 12.2. The Morgan fingerprint density at radius 1 is 1.24 bits per heavy atom. The highest BCUT2D eigenvalue weighted by atomic mass is 35.5. The lowest BCUT2D eigenvalue weighted by atomic mass is 10.2. The molecule has 0 aliphatic rings. The molecule has 0 spiro atoms. The number of rotatable bonds is 6. The fourth-order valence-corrected chi connectivity index (χ4v) is 2.29. The Labute approximate surface area is 148 Å². The molecule has 128 valence electrons. The van der Waals surface area contributed by atoms with Crippen molar-refractivity contribution in [3.63, 3.8) is 0 Å². The van der Waals surface area contributed by atoms with Gasteiger partial charge < -0.3 is 15.2 Å². The van der Waals surface area contributed by atoms with Crippen LogP contribution in [0.5, 0.6) is 11.5 Å². The van der Waals surface area contributed by atoms with Crippen LogP contribution in [0.1, 0.15) is 11.1 Å². The molecular weight excluding hydrogens is 344 g/mol. The molecule has 3 rings (SSSR count). The van der Waals surface area contributed by atoms with Crippen LogP contribution in [0, 0.1) is 0 Å². The van der Waals surface area contributed by atoms with Gasteiger partial charge in [0.2, 0.25) is 0 Å². The Morgan fingerprint density at radius 3 is 2.80 bits per heavy atom. The molecule has 3 aromatic rings. The van der Waals surface area contributed by atoms with Gasteiger partial charge >= 0.3 is 0 Å². The van der Waals surface area contributed by atoms with Gasteiger partial charge in [-0.05, 0) is 28.6 Å². The molecule has 1 heterocycles. The Morgan fingerprint density at radius 2 is 2.08 bits per heavy atom. The van der Waals surface area contributed by atoms with Crippen LogP contribution in [0.2, 0.25) is 5.02 Å². The maximum absolute atomic E-state index is 6.17. The van der Waals surface area contributed by atoms with Crippen LogP contribution < -0.4 is 15.2 Å². The number of ether oxygens (including phenoxy) is 2. The Kier molecular flexibility index (Phi) is 5.10. The molecule has 8 nitrogen and oxygen atoms in total. The quantitative estimate of drug-likeness (QED) is 0.679. The highest BCUT2D eigenvalue weighted by molar-refractivity contribution is 6.31. The predicted molar refractivity (Wildman–Crippen MR) is 94.0 cm³/mol. The molecule has 0 unspecified atom stereocenters. The van der Waals surface area contributed by atoms with Crippen molar-refractivity contribution in [2.45, 2.75) is 6.61 Å². The number of hydrogen-bond donors (Lipinski definition) is 1. The number of tetrazole rings is 1. The lowest BCUT2D eigenvalue weighted by Gasteiger charge is -2.13. The first kappa shape index (κ1) is 16.7. The monoisotopic (exact) mass is 358 g/mol. The van der Waals surface area contributed by atoms with E-state index >= 15 is 0 Å². The normalized spacial score (nSPS) is 11.0. The zero-order chi connectivity index (χ0) is 17.6. The molecule has 0 aliphatic carbocycles. The van der Waals surface area contributed by atoms with E-state index in [1.165, 1.54) is 6.21 Å². The van der Waals surface area contributed by atoms with Crippen molar-refractivity contribution in [3.05, 3.63) is 58.6 Å². The number of hydrogen-bond acceptors (Lipinski definition) is 7. The summed E-state index contributed by atoms with van der Waals surface area (Å²) in [6.45, 7) is 0.286. The fourth-order valence-electron chi connectivity index (χ4n) is 2.10. The third-order valence-electron chi connectivity index (χ3n) is 3.34. The van der Waals surface area contributed by atoms with Gasteiger partial charge in [0.15, 0.2) is 11.5 Å². The molecule has 0 radical (unpaired) electrons. The second kappa shape index (κ2) is 7.63. The number of nitrogens with zero attached hydrogens (tertiary/aromatic N) is 5. The highest BCUT2D eigenvalue weighted by Crippen LogP contribution is 2.31. The van der Waals surface area contributed by atoms with Gasteiger partial charge in [-0.1, -0.05) is 45.8 Å². The summed E-state index contributed by atoms with van der Waals surface area (Å²) in [6, 6.07) is 12.9. The molecule has 0 amide bonds. The molecule has 0 saturated carbocycles. The van der Waals surface area contributed by atoms with Gasteiger partial charge in [0.1, 0.15) is 6.61 Å². The van der Waals surface area contributed by atoms with Crippen LogP contribution in [-0.4, -0.2) is 33.6 Å². The van der Waals surface area contributed by atoms with E-state index < -0.39 is 0 Å².